The van der Waals surface area contributed by atoms with E-state index in [0.29, 0.717) is 41.2 Å². The van der Waals surface area contributed by atoms with Crippen molar-refractivity contribution in [2.75, 3.05) is 30.9 Å². The second-order valence-corrected chi connectivity index (χ2v) is 6.42. The van der Waals surface area contributed by atoms with E-state index in [9.17, 15) is 14.4 Å². The fourth-order valence-electron chi connectivity index (χ4n) is 3.08. The Labute approximate surface area is 158 Å². The maximum atomic E-state index is 13.3. The third kappa shape index (κ3) is 4.36. The van der Waals surface area contributed by atoms with E-state index in [4.69, 9.17) is 0 Å². The first-order valence-electron chi connectivity index (χ1n) is 8.92. The van der Waals surface area contributed by atoms with Crippen molar-refractivity contribution in [1.82, 2.24) is 10.3 Å². The summed E-state index contributed by atoms with van der Waals surface area (Å²) in [5, 5.41) is 5.34. The van der Waals surface area contributed by atoms with E-state index in [-0.39, 0.29) is 17.4 Å². The molecule has 0 saturated heterocycles. The molecule has 2 aromatic rings. The molecule has 7 heteroatoms. The number of hydrogen-bond acceptors (Lipinski definition) is 4. The summed E-state index contributed by atoms with van der Waals surface area (Å²) in [5.74, 6) is -0.246. The minimum atomic E-state index is -0.336. The van der Waals surface area contributed by atoms with Gasteiger partial charge in [0.1, 0.15) is 5.69 Å². The molecule has 1 aromatic heterocycles. The number of benzene rings is 1. The van der Waals surface area contributed by atoms with Crippen LogP contribution in [0.5, 0.6) is 0 Å². The molecule has 7 nitrogen and oxygen atoms in total. The Bertz CT molecular complexity index is 916. The Hall–Kier alpha value is -3.09. The minimum absolute atomic E-state index is 0.246. The zero-order valence-corrected chi connectivity index (χ0v) is 16.4. The number of H-pyrrole nitrogens is 1. The molecule has 2 amide bonds. The van der Waals surface area contributed by atoms with Crippen molar-refractivity contribution in [3.63, 3.8) is 0 Å². The molecule has 2 rings (SSSR count). The van der Waals surface area contributed by atoms with Crippen molar-refractivity contribution in [2.45, 2.75) is 27.2 Å². The third-order valence-corrected chi connectivity index (χ3v) is 4.26. The Morgan fingerprint density at radius 2 is 1.89 bits per heavy atom. The molecule has 0 aliphatic rings. The van der Waals surface area contributed by atoms with Gasteiger partial charge in [0.05, 0.1) is 5.56 Å². The Kier molecular flexibility index (Phi) is 6.39. The van der Waals surface area contributed by atoms with Crippen LogP contribution in [0.4, 0.5) is 16.2 Å². The number of nitrogens with zero attached hydrogens (tertiary/aromatic N) is 1. The maximum Gasteiger partial charge on any atom is 0.319 e. The number of nitrogens with one attached hydrogen (secondary N) is 3. The first-order valence-corrected chi connectivity index (χ1v) is 8.92. The molecule has 0 aliphatic carbocycles. The van der Waals surface area contributed by atoms with Crippen LogP contribution in [0, 0.1) is 6.92 Å². The topological polar surface area (TPSA) is 94.3 Å². The molecule has 144 valence electrons. The van der Waals surface area contributed by atoms with Crippen LogP contribution in [0.1, 0.15) is 41.0 Å². The van der Waals surface area contributed by atoms with E-state index >= 15 is 0 Å². The Balaban J connectivity index is 2.55. The third-order valence-electron chi connectivity index (χ3n) is 4.26. The van der Waals surface area contributed by atoms with Crippen molar-refractivity contribution in [3.05, 3.63) is 57.0 Å². The van der Waals surface area contributed by atoms with E-state index in [1.54, 1.807) is 50.2 Å². The predicted octanol–water partition coefficient (Wildman–Crippen LogP) is 2.68. The quantitative estimate of drug-likeness (QED) is 0.682. The van der Waals surface area contributed by atoms with E-state index in [0.717, 1.165) is 5.56 Å². The number of urea groups is 1. The van der Waals surface area contributed by atoms with E-state index < -0.39 is 0 Å². The van der Waals surface area contributed by atoms with Gasteiger partial charge in [0, 0.05) is 37.6 Å². The first kappa shape index (κ1) is 20.2. The summed E-state index contributed by atoms with van der Waals surface area (Å²) in [6.07, 6.45) is 0.612. The normalized spacial score (nSPS) is 10.4. The summed E-state index contributed by atoms with van der Waals surface area (Å²) >= 11 is 0. The second kappa shape index (κ2) is 8.53. The van der Waals surface area contributed by atoms with E-state index in [1.165, 1.54) is 0 Å². The predicted molar refractivity (Wildman–Crippen MR) is 108 cm³/mol. The van der Waals surface area contributed by atoms with E-state index in [1.807, 2.05) is 13.8 Å². The molecule has 0 bridgehead atoms. The van der Waals surface area contributed by atoms with Crippen LogP contribution in [-0.4, -0.2) is 37.4 Å². The molecule has 0 saturated carbocycles. The lowest BCUT2D eigenvalue weighted by Gasteiger charge is -2.20. The number of amides is 2. The number of anilines is 2. The van der Waals surface area contributed by atoms with Gasteiger partial charge in [-0.05, 0) is 38.0 Å². The molecule has 1 aromatic carbocycles. The lowest BCUT2D eigenvalue weighted by molar-refractivity contribution is 0.103. The molecule has 27 heavy (non-hydrogen) atoms. The van der Waals surface area contributed by atoms with Crippen LogP contribution in [-0.2, 0) is 6.42 Å². The number of hydrogen-bond donors (Lipinski definition) is 3. The monoisotopic (exact) mass is 370 g/mol. The summed E-state index contributed by atoms with van der Waals surface area (Å²) in [4.78, 5) is 42.0. The molecular formula is C20H26N4O3. The highest BCUT2D eigenvalue weighted by Crippen LogP contribution is 2.25. The van der Waals surface area contributed by atoms with Crippen molar-refractivity contribution < 1.29 is 9.59 Å². The van der Waals surface area contributed by atoms with Gasteiger partial charge in [0.2, 0.25) is 0 Å². The van der Waals surface area contributed by atoms with Crippen molar-refractivity contribution in [2.24, 2.45) is 0 Å². The van der Waals surface area contributed by atoms with Crippen LogP contribution in [0.15, 0.2) is 29.1 Å². The smallest absolute Gasteiger partial charge is 0.319 e. The van der Waals surface area contributed by atoms with Crippen LogP contribution < -0.4 is 21.1 Å². The van der Waals surface area contributed by atoms with Crippen LogP contribution in [0.25, 0.3) is 0 Å². The summed E-state index contributed by atoms with van der Waals surface area (Å²) in [5.41, 5.74) is 2.86. The molecule has 0 atom stereocenters. The van der Waals surface area contributed by atoms with E-state index in [2.05, 4.69) is 15.6 Å². The van der Waals surface area contributed by atoms with Gasteiger partial charge < -0.3 is 20.5 Å². The lowest BCUT2D eigenvalue weighted by atomic mass is 9.94. The first-order chi connectivity index (χ1) is 12.8. The zero-order valence-electron chi connectivity index (χ0n) is 16.4. The number of pyridine rings is 1. The molecule has 0 unspecified atom stereocenters. The van der Waals surface area contributed by atoms with Gasteiger partial charge in [-0.25, -0.2) is 4.79 Å². The molecule has 0 radical (unpaired) electrons. The van der Waals surface area contributed by atoms with Crippen LogP contribution >= 0.6 is 0 Å². The molecule has 0 spiro atoms. The highest BCUT2D eigenvalue weighted by atomic mass is 16.2. The van der Waals surface area contributed by atoms with Crippen LogP contribution in [0.3, 0.4) is 0 Å². The number of ketones is 1. The largest absolute Gasteiger partial charge is 0.373 e. The number of rotatable bonds is 6. The molecule has 1 heterocycles. The van der Waals surface area contributed by atoms with Gasteiger partial charge in [-0.1, -0.05) is 19.1 Å². The highest BCUT2D eigenvalue weighted by molar-refractivity contribution is 6.14. The Morgan fingerprint density at radius 1 is 1.19 bits per heavy atom. The fourth-order valence-corrected chi connectivity index (χ4v) is 3.08. The number of aryl methyl sites for hydroxylation is 1. The second-order valence-electron chi connectivity index (χ2n) is 6.42. The summed E-state index contributed by atoms with van der Waals surface area (Å²) in [7, 11) is 3.48. The van der Waals surface area contributed by atoms with Crippen molar-refractivity contribution >= 4 is 23.2 Å². The van der Waals surface area contributed by atoms with Crippen molar-refractivity contribution in [3.8, 4) is 0 Å². The number of carbonyl (C=O) groups excluding carboxylic acids is 2. The molecular weight excluding hydrogens is 344 g/mol. The zero-order chi connectivity index (χ0) is 20.1. The van der Waals surface area contributed by atoms with Gasteiger partial charge in [-0.15, -0.1) is 0 Å². The average molecular weight is 370 g/mol. The molecule has 3 N–H and O–H groups in total. The number of aromatic amines is 1. The standard InChI is InChI=1S/C20H26N4O3/c1-6-15-12(3)22-19(26)17(24(4)5)16(15)18(25)13-9-8-10-14(11-13)23-20(27)21-7-2/h8-11H,6-7H2,1-5H3,(H,22,26)(H2,21,23,27). The lowest BCUT2D eigenvalue weighted by Crippen LogP contribution is -2.28. The van der Waals surface area contributed by atoms with Gasteiger partial charge in [0.25, 0.3) is 5.56 Å². The van der Waals surface area contributed by atoms with Crippen molar-refractivity contribution in [1.29, 1.82) is 0 Å². The van der Waals surface area contributed by atoms with Gasteiger partial charge in [-0.3, -0.25) is 9.59 Å². The Morgan fingerprint density at radius 3 is 2.48 bits per heavy atom. The number of aromatic nitrogens is 1. The maximum absolute atomic E-state index is 13.3. The van der Waals surface area contributed by atoms with Gasteiger partial charge in [0.15, 0.2) is 5.78 Å². The minimum Gasteiger partial charge on any atom is -0.373 e. The SMILES string of the molecule is CCNC(=O)Nc1cccc(C(=O)c2c(CC)c(C)[nH]c(=O)c2N(C)C)c1. The summed E-state index contributed by atoms with van der Waals surface area (Å²) < 4.78 is 0. The fraction of sp³-hybridized carbons (Fsp3) is 0.350. The highest BCUT2D eigenvalue weighted by Gasteiger charge is 2.23. The van der Waals surface area contributed by atoms with Gasteiger partial charge >= 0.3 is 6.03 Å². The molecule has 0 aliphatic heterocycles. The summed E-state index contributed by atoms with van der Waals surface area (Å²) in [6, 6.07) is 6.38. The van der Waals surface area contributed by atoms with Crippen LogP contribution in [0.2, 0.25) is 0 Å². The number of carbonyl (C=O) groups is 2. The molecule has 0 fully saturated rings. The average Bonchev–Trinajstić information content (AvgIpc) is 2.60. The summed E-state index contributed by atoms with van der Waals surface area (Å²) in [6.45, 7) is 6.07. The van der Waals surface area contributed by atoms with Gasteiger partial charge in [-0.2, -0.15) is 0 Å².